The molecule has 4 aromatic rings. The zero-order chi connectivity index (χ0) is 20.4. The largest absolute Gasteiger partial charge is 0.324 e. The van der Waals surface area contributed by atoms with Crippen LogP contribution in [-0.2, 0) is 4.79 Å². The topological polar surface area (TPSA) is 59.3 Å². The molecule has 0 aliphatic heterocycles. The number of anilines is 1. The molecule has 0 bridgehead atoms. The minimum atomic E-state index is -0.0818. The predicted molar refractivity (Wildman–Crippen MR) is 121 cm³/mol. The molecular formula is C22H19BrN4OS. The van der Waals surface area contributed by atoms with Crippen LogP contribution in [0.15, 0.2) is 70.4 Å². The van der Waals surface area contributed by atoms with Crippen LogP contribution in [-0.4, -0.2) is 26.3 Å². The number of nitrogens with one attached hydrogen (secondary N) is 1. The molecule has 0 unspecified atom stereocenters. The van der Waals surface area contributed by atoms with E-state index in [1.54, 1.807) is 10.7 Å². The summed E-state index contributed by atoms with van der Waals surface area (Å²) in [5.74, 6) is 0.180. The Bertz CT molecular complexity index is 1190. The number of amides is 1. The highest BCUT2D eigenvalue weighted by atomic mass is 79.9. The van der Waals surface area contributed by atoms with Gasteiger partial charge in [0.2, 0.25) is 5.91 Å². The summed E-state index contributed by atoms with van der Waals surface area (Å²) in [5.41, 5.74) is 5.92. The van der Waals surface area contributed by atoms with Crippen molar-refractivity contribution in [2.24, 2.45) is 0 Å². The van der Waals surface area contributed by atoms with E-state index in [0.29, 0.717) is 0 Å². The Morgan fingerprint density at radius 3 is 2.62 bits per heavy atom. The monoisotopic (exact) mass is 466 g/mol. The molecule has 0 atom stereocenters. The Kier molecular flexibility index (Phi) is 5.69. The smallest absolute Gasteiger partial charge is 0.234 e. The lowest BCUT2D eigenvalue weighted by atomic mass is 10.1. The first kappa shape index (κ1) is 19.7. The second-order valence-electron chi connectivity index (χ2n) is 6.78. The van der Waals surface area contributed by atoms with Crippen LogP contribution in [0, 0.1) is 13.8 Å². The molecule has 1 amide bonds. The Hall–Kier alpha value is -2.64. The summed E-state index contributed by atoms with van der Waals surface area (Å²) < 4.78 is 2.67. The van der Waals surface area contributed by atoms with Crippen LogP contribution < -0.4 is 5.32 Å². The van der Waals surface area contributed by atoms with Crippen molar-refractivity contribution in [2.45, 2.75) is 18.9 Å². The average molecular weight is 467 g/mol. The van der Waals surface area contributed by atoms with Gasteiger partial charge in [-0.1, -0.05) is 47.7 Å². The van der Waals surface area contributed by atoms with Gasteiger partial charge in [0.1, 0.15) is 5.03 Å². The van der Waals surface area contributed by atoms with Gasteiger partial charge in [-0.2, -0.15) is 5.10 Å². The first-order valence-electron chi connectivity index (χ1n) is 9.10. The van der Waals surface area contributed by atoms with Crippen molar-refractivity contribution in [3.8, 4) is 11.3 Å². The summed E-state index contributed by atoms with van der Waals surface area (Å²) >= 11 is 4.89. The zero-order valence-corrected chi connectivity index (χ0v) is 18.4. The second kappa shape index (κ2) is 8.39. The molecule has 0 aliphatic carbocycles. The molecule has 4 rings (SSSR count). The number of hydrogen-bond donors (Lipinski definition) is 1. The molecular weight excluding hydrogens is 448 g/mol. The van der Waals surface area contributed by atoms with Crippen molar-refractivity contribution in [2.75, 3.05) is 11.1 Å². The van der Waals surface area contributed by atoms with Crippen molar-refractivity contribution in [1.29, 1.82) is 0 Å². The first-order chi connectivity index (χ1) is 14.0. The number of rotatable bonds is 5. The number of nitrogens with zero attached hydrogens (tertiary/aromatic N) is 3. The van der Waals surface area contributed by atoms with E-state index in [2.05, 4.69) is 62.5 Å². The quantitative estimate of drug-likeness (QED) is 0.394. The normalized spacial score (nSPS) is 11.0. The molecule has 2 aromatic carbocycles. The maximum Gasteiger partial charge on any atom is 0.234 e. The lowest BCUT2D eigenvalue weighted by Gasteiger charge is -2.08. The van der Waals surface area contributed by atoms with Gasteiger partial charge in [0.05, 0.1) is 22.7 Å². The standard InChI is InChI=1S/C22H19BrN4OS/c1-14-3-6-16(7-4-14)19-12-20-22(24-9-10-27(20)26-19)29-13-21(28)25-18-8-5-15(2)11-17(18)23/h3-12H,13H2,1-2H3,(H,25,28). The fourth-order valence-electron chi connectivity index (χ4n) is 2.92. The number of aryl methyl sites for hydroxylation is 2. The van der Waals surface area contributed by atoms with Crippen LogP contribution in [0.25, 0.3) is 16.8 Å². The fourth-order valence-corrected chi connectivity index (χ4v) is 4.28. The summed E-state index contributed by atoms with van der Waals surface area (Å²) in [7, 11) is 0. The maximum atomic E-state index is 12.4. The summed E-state index contributed by atoms with van der Waals surface area (Å²) in [4.78, 5) is 16.9. The Labute approximate surface area is 181 Å². The van der Waals surface area contributed by atoms with Gasteiger partial charge in [-0.3, -0.25) is 4.79 Å². The van der Waals surface area contributed by atoms with Gasteiger partial charge in [-0.05, 0) is 53.5 Å². The van der Waals surface area contributed by atoms with Crippen LogP contribution >= 0.6 is 27.7 Å². The third-order valence-electron chi connectivity index (χ3n) is 4.44. The number of fused-ring (bicyclic) bond motifs is 1. The molecule has 146 valence electrons. The highest BCUT2D eigenvalue weighted by molar-refractivity contribution is 9.10. The van der Waals surface area contributed by atoms with E-state index >= 15 is 0 Å². The van der Waals surface area contributed by atoms with Gasteiger partial charge >= 0.3 is 0 Å². The molecule has 0 radical (unpaired) electrons. The molecule has 1 N–H and O–H groups in total. The predicted octanol–water partition coefficient (Wildman–Crippen LogP) is 5.51. The second-order valence-corrected chi connectivity index (χ2v) is 8.60. The molecule has 0 aliphatic rings. The summed E-state index contributed by atoms with van der Waals surface area (Å²) in [6.07, 6.45) is 3.52. The molecule has 0 fully saturated rings. The molecule has 0 saturated carbocycles. The summed E-state index contributed by atoms with van der Waals surface area (Å²) in [5, 5.41) is 8.35. The van der Waals surface area contributed by atoms with Crippen LogP contribution in [0.1, 0.15) is 11.1 Å². The van der Waals surface area contributed by atoms with Crippen LogP contribution in [0.4, 0.5) is 5.69 Å². The zero-order valence-electron chi connectivity index (χ0n) is 16.0. The molecule has 5 nitrogen and oxygen atoms in total. The van der Waals surface area contributed by atoms with Gasteiger partial charge < -0.3 is 5.32 Å². The van der Waals surface area contributed by atoms with E-state index in [-0.39, 0.29) is 11.7 Å². The average Bonchev–Trinajstić information content (AvgIpc) is 3.14. The van der Waals surface area contributed by atoms with Crippen LogP contribution in [0.2, 0.25) is 0 Å². The Balaban J connectivity index is 1.50. The fraction of sp³-hybridized carbons (Fsp3) is 0.136. The third kappa shape index (κ3) is 4.52. The maximum absolute atomic E-state index is 12.4. The van der Waals surface area contributed by atoms with Gasteiger partial charge in [-0.15, -0.1) is 0 Å². The number of carbonyl (C=O) groups excluding carboxylic acids is 1. The summed E-state index contributed by atoms with van der Waals surface area (Å²) in [6.45, 7) is 4.07. The van der Waals surface area contributed by atoms with Crippen LogP contribution in [0.5, 0.6) is 0 Å². The van der Waals surface area contributed by atoms with Gasteiger partial charge in [-0.25, -0.2) is 9.50 Å². The van der Waals surface area contributed by atoms with Gasteiger partial charge in [0.25, 0.3) is 0 Å². The SMILES string of the molecule is Cc1ccc(-c2cc3c(SCC(=O)Nc4ccc(C)cc4Br)nccn3n2)cc1. The van der Waals surface area contributed by atoms with E-state index < -0.39 is 0 Å². The molecule has 0 spiro atoms. The molecule has 2 aromatic heterocycles. The van der Waals surface area contributed by atoms with Gasteiger partial charge in [0.15, 0.2) is 0 Å². The van der Waals surface area contributed by atoms with E-state index in [1.165, 1.54) is 17.3 Å². The summed E-state index contributed by atoms with van der Waals surface area (Å²) in [6, 6.07) is 16.1. The van der Waals surface area contributed by atoms with Gasteiger partial charge in [0, 0.05) is 22.4 Å². The van der Waals surface area contributed by atoms with E-state index in [9.17, 15) is 4.79 Å². The molecule has 0 saturated heterocycles. The number of benzene rings is 2. The molecule has 29 heavy (non-hydrogen) atoms. The lowest BCUT2D eigenvalue weighted by molar-refractivity contribution is -0.113. The van der Waals surface area contributed by atoms with E-state index in [4.69, 9.17) is 0 Å². The number of aromatic nitrogens is 3. The van der Waals surface area contributed by atoms with Crippen molar-refractivity contribution in [3.05, 3.63) is 76.5 Å². The van der Waals surface area contributed by atoms with Crippen molar-refractivity contribution in [3.63, 3.8) is 0 Å². The lowest BCUT2D eigenvalue weighted by Crippen LogP contribution is -2.14. The van der Waals surface area contributed by atoms with E-state index in [0.717, 1.165) is 37.5 Å². The van der Waals surface area contributed by atoms with Crippen molar-refractivity contribution >= 4 is 44.8 Å². The number of carbonyl (C=O) groups is 1. The molecule has 7 heteroatoms. The first-order valence-corrected chi connectivity index (χ1v) is 10.9. The minimum absolute atomic E-state index is 0.0818. The highest BCUT2D eigenvalue weighted by Crippen LogP contribution is 2.27. The Morgan fingerprint density at radius 1 is 1.10 bits per heavy atom. The highest BCUT2D eigenvalue weighted by Gasteiger charge is 2.12. The third-order valence-corrected chi connectivity index (χ3v) is 6.09. The number of thioether (sulfide) groups is 1. The Morgan fingerprint density at radius 2 is 1.86 bits per heavy atom. The van der Waals surface area contributed by atoms with Crippen LogP contribution in [0.3, 0.4) is 0 Å². The van der Waals surface area contributed by atoms with Crippen molar-refractivity contribution < 1.29 is 4.79 Å². The minimum Gasteiger partial charge on any atom is -0.324 e. The number of hydrogen-bond acceptors (Lipinski definition) is 4. The van der Waals surface area contributed by atoms with Crippen molar-refractivity contribution in [1.82, 2.24) is 14.6 Å². The van der Waals surface area contributed by atoms with E-state index in [1.807, 2.05) is 37.4 Å². The number of halogens is 1. The molecule has 2 heterocycles.